The number of hydrogen-bond donors (Lipinski definition) is 1. The van der Waals surface area contributed by atoms with Gasteiger partial charge in [-0.05, 0) is 49.8 Å². The van der Waals surface area contributed by atoms with E-state index in [0.29, 0.717) is 28.4 Å². The van der Waals surface area contributed by atoms with Crippen LogP contribution in [-0.2, 0) is 24.2 Å². The summed E-state index contributed by atoms with van der Waals surface area (Å²) < 4.78 is 12.1. The molecule has 166 valence electrons. The fourth-order valence-electron chi connectivity index (χ4n) is 3.94. The molecule has 0 aliphatic heterocycles. The number of amides is 1. The number of thioether (sulfide) groups is 1. The lowest BCUT2D eigenvalue weighted by Gasteiger charge is -2.17. The first-order valence-corrected chi connectivity index (χ1v) is 12.2. The van der Waals surface area contributed by atoms with Crippen molar-refractivity contribution < 1.29 is 13.7 Å². The van der Waals surface area contributed by atoms with Gasteiger partial charge in [0.2, 0.25) is 11.8 Å². The van der Waals surface area contributed by atoms with E-state index in [4.69, 9.17) is 13.9 Å². The van der Waals surface area contributed by atoms with Crippen molar-refractivity contribution in [2.45, 2.75) is 44.8 Å². The Kier molecular flexibility index (Phi) is 5.64. The second-order valence-corrected chi connectivity index (χ2v) is 10.1. The molecule has 10 heteroatoms. The summed E-state index contributed by atoms with van der Waals surface area (Å²) in [4.78, 5) is 32.8. The van der Waals surface area contributed by atoms with Crippen LogP contribution in [0.2, 0.25) is 0 Å². The Bertz CT molecular complexity index is 1340. The number of furan rings is 1. The van der Waals surface area contributed by atoms with Gasteiger partial charge in [0.1, 0.15) is 10.6 Å². The number of carbonyl (C=O) groups excluding carboxylic acids is 1. The molecule has 0 saturated heterocycles. The molecule has 1 aliphatic rings. The second kappa shape index (κ2) is 8.59. The molecule has 0 spiro atoms. The molecule has 1 atom stereocenters. The summed E-state index contributed by atoms with van der Waals surface area (Å²) >= 11 is 2.82. The SMILES string of the molecule is Cc1cc(NC(=O)CSc2nc3sc4c(c3c(=O)n2Cc2ccco2)CCC(C)C4)on1. The van der Waals surface area contributed by atoms with Gasteiger partial charge in [-0.3, -0.25) is 19.5 Å². The molecule has 4 aromatic rings. The molecule has 32 heavy (non-hydrogen) atoms. The average Bonchev–Trinajstić information content (AvgIpc) is 3.48. The Morgan fingerprint density at radius 3 is 3.06 bits per heavy atom. The standard InChI is InChI=1S/C22H22N4O4S2/c1-12-5-6-15-16(8-12)32-20-19(15)21(28)26(10-14-4-3-7-29-14)22(24-20)31-11-17(27)23-18-9-13(2)25-30-18/h3-4,7,9,12H,5-6,8,10-11H2,1-2H3,(H,23,27). The number of aryl methyl sites for hydroxylation is 2. The van der Waals surface area contributed by atoms with Gasteiger partial charge in [-0.1, -0.05) is 23.8 Å². The minimum Gasteiger partial charge on any atom is -0.467 e. The van der Waals surface area contributed by atoms with Crippen LogP contribution in [0.5, 0.6) is 0 Å². The van der Waals surface area contributed by atoms with Gasteiger partial charge in [-0.15, -0.1) is 11.3 Å². The van der Waals surface area contributed by atoms with Crippen LogP contribution in [0.1, 0.15) is 35.2 Å². The topological polar surface area (TPSA) is 103 Å². The summed E-state index contributed by atoms with van der Waals surface area (Å²) in [5, 5.41) is 7.65. The molecule has 1 aliphatic carbocycles. The fraction of sp³-hybridized carbons (Fsp3) is 0.364. The molecule has 0 bridgehead atoms. The van der Waals surface area contributed by atoms with E-state index >= 15 is 0 Å². The van der Waals surface area contributed by atoms with Crippen molar-refractivity contribution in [2.75, 3.05) is 11.1 Å². The third-order valence-corrected chi connectivity index (χ3v) is 7.62. The van der Waals surface area contributed by atoms with E-state index in [2.05, 4.69) is 17.4 Å². The van der Waals surface area contributed by atoms with Gasteiger partial charge < -0.3 is 8.94 Å². The molecule has 0 saturated carbocycles. The summed E-state index contributed by atoms with van der Waals surface area (Å²) in [6.07, 6.45) is 4.54. The highest BCUT2D eigenvalue weighted by atomic mass is 32.2. The predicted octanol–water partition coefficient (Wildman–Crippen LogP) is 4.25. The van der Waals surface area contributed by atoms with Gasteiger partial charge in [-0.2, -0.15) is 0 Å². The Morgan fingerprint density at radius 2 is 2.31 bits per heavy atom. The summed E-state index contributed by atoms with van der Waals surface area (Å²) in [5.74, 6) is 1.39. The molecular weight excluding hydrogens is 448 g/mol. The van der Waals surface area contributed by atoms with Crippen LogP contribution in [-0.4, -0.2) is 26.4 Å². The molecule has 0 aromatic carbocycles. The zero-order valence-corrected chi connectivity index (χ0v) is 19.3. The number of nitrogens with zero attached hydrogens (tertiary/aromatic N) is 3. The van der Waals surface area contributed by atoms with Crippen LogP contribution in [0, 0.1) is 12.8 Å². The largest absolute Gasteiger partial charge is 0.467 e. The van der Waals surface area contributed by atoms with E-state index in [1.165, 1.54) is 16.6 Å². The van der Waals surface area contributed by atoms with Gasteiger partial charge in [0.15, 0.2) is 5.16 Å². The Morgan fingerprint density at radius 1 is 1.44 bits per heavy atom. The molecule has 1 N–H and O–H groups in total. The monoisotopic (exact) mass is 470 g/mol. The number of carbonyl (C=O) groups is 1. The van der Waals surface area contributed by atoms with Crippen molar-refractivity contribution >= 4 is 45.1 Å². The maximum absolute atomic E-state index is 13.6. The van der Waals surface area contributed by atoms with Crippen molar-refractivity contribution in [3.8, 4) is 0 Å². The maximum atomic E-state index is 13.6. The smallest absolute Gasteiger partial charge is 0.263 e. The van der Waals surface area contributed by atoms with Crippen LogP contribution in [0.25, 0.3) is 10.2 Å². The summed E-state index contributed by atoms with van der Waals surface area (Å²) in [5.41, 5.74) is 1.75. The van der Waals surface area contributed by atoms with Crippen LogP contribution in [0.3, 0.4) is 0 Å². The first-order valence-electron chi connectivity index (χ1n) is 10.4. The third kappa shape index (κ3) is 4.12. The first kappa shape index (κ1) is 21.0. The molecule has 1 amide bonds. The number of fused-ring (bicyclic) bond motifs is 3. The molecule has 0 radical (unpaired) electrons. The van der Waals surface area contributed by atoms with E-state index in [1.54, 1.807) is 41.2 Å². The molecule has 4 heterocycles. The minimum atomic E-state index is -0.260. The number of aromatic nitrogens is 3. The van der Waals surface area contributed by atoms with E-state index in [-0.39, 0.29) is 23.8 Å². The fourth-order valence-corrected chi connectivity index (χ4v) is 6.16. The lowest BCUT2D eigenvalue weighted by Crippen LogP contribution is -2.25. The van der Waals surface area contributed by atoms with Gasteiger partial charge >= 0.3 is 0 Å². The summed E-state index contributed by atoms with van der Waals surface area (Å²) in [6, 6.07) is 5.27. The van der Waals surface area contributed by atoms with Crippen molar-refractivity contribution in [1.82, 2.24) is 14.7 Å². The molecular formula is C22H22N4O4S2. The normalized spacial score (nSPS) is 15.8. The van der Waals surface area contributed by atoms with Gasteiger partial charge in [0, 0.05) is 10.9 Å². The number of thiophene rings is 1. The highest BCUT2D eigenvalue weighted by molar-refractivity contribution is 7.99. The van der Waals surface area contributed by atoms with E-state index in [9.17, 15) is 9.59 Å². The van der Waals surface area contributed by atoms with Crippen LogP contribution >= 0.6 is 23.1 Å². The van der Waals surface area contributed by atoms with E-state index in [1.807, 2.05) is 6.07 Å². The highest BCUT2D eigenvalue weighted by Crippen LogP contribution is 2.36. The van der Waals surface area contributed by atoms with Crippen LogP contribution < -0.4 is 10.9 Å². The molecule has 5 rings (SSSR count). The van der Waals surface area contributed by atoms with Crippen molar-refractivity contribution in [2.24, 2.45) is 5.92 Å². The van der Waals surface area contributed by atoms with Gasteiger partial charge in [0.25, 0.3) is 5.56 Å². The van der Waals surface area contributed by atoms with E-state index < -0.39 is 0 Å². The van der Waals surface area contributed by atoms with Crippen molar-refractivity contribution in [1.29, 1.82) is 0 Å². The minimum absolute atomic E-state index is 0.0766. The molecule has 0 fully saturated rings. The Hall–Kier alpha value is -2.85. The van der Waals surface area contributed by atoms with Crippen LogP contribution in [0.4, 0.5) is 5.88 Å². The highest BCUT2D eigenvalue weighted by Gasteiger charge is 2.25. The number of rotatable bonds is 6. The number of anilines is 1. The third-order valence-electron chi connectivity index (χ3n) is 5.50. The predicted molar refractivity (Wildman–Crippen MR) is 123 cm³/mol. The number of hydrogen-bond acceptors (Lipinski definition) is 8. The average molecular weight is 471 g/mol. The lowest BCUT2D eigenvalue weighted by atomic mass is 9.89. The second-order valence-electron chi connectivity index (χ2n) is 8.07. The van der Waals surface area contributed by atoms with Crippen LogP contribution in [0.15, 0.2) is 43.4 Å². The first-order chi connectivity index (χ1) is 15.5. The van der Waals surface area contributed by atoms with E-state index in [0.717, 1.165) is 35.0 Å². The molecule has 4 aromatic heterocycles. The zero-order chi connectivity index (χ0) is 22.2. The molecule has 1 unspecified atom stereocenters. The van der Waals surface area contributed by atoms with Crippen molar-refractivity contribution in [3.05, 3.63) is 56.7 Å². The summed E-state index contributed by atoms with van der Waals surface area (Å²) in [6.45, 7) is 4.29. The molecule has 8 nitrogen and oxygen atoms in total. The quantitative estimate of drug-likeness (QED) is 0.332. The Labute approximate surface area is 192 Å². The maximum Gasteiger partial charge on any atom is 0.263 e. The summed E-state index contributed by atoms with van der Waals surface area (Å²) in [7, 11) is 0. The van der Waals surface area contributed by atoms with Crippen molar-refractivity contribution in [3.63, 3.8) is 0 Å². The lowest BCUT2D eigenvalue weighted by molar-refractivity contribution is -0.113. The Balaban J connectivity index is 1.48. The zero-order valence-electron chi connectivity index (χ0n) is 17.7. The number of nitrogens with one attached hydrogen (secondary N) is 1. The van der Waals surface area contributed by atoms with Gasteiger partial charge in [0.05, 0.1) is 29.6 Å². The van der Waals surface area contributed by atoms with Gasteiger partial charge in [-0.25, -0.2) is 4.98 Å².